The molecule has 26 heavy (non-hydrogen) atoms. The van der Waals surface area contributed by atoms with Crippen LogP contribution in [0.1, 0.15) is 16.9 Å². The third kappa shape index (κ3) is 3.52. The average Bonchev–Trinajstić information content (AvgIpc) is 2.99. The molecule has 0 unspecified atom stereocenters. The lowest BCUT2D eigenvalue weighted by molar-refractivity contribution is 0.415. The molecule has 0 aliphatic rings. The number of aromatic hydroxyl groups is 1. The molecule has 0 saturated heterocycles. The van der Waals surface area contributed by atoms with Crippen molar-refractivity contribution >= 4 is 35.0 Å². The van der Waals surface area contributed by atoms with Crippen molar-refractivity contribution < 1.29 is 9.63 Å². The fraction of sp³-hybridized carbons (Fsp3) is 0.0526. The molecule has 0 bridgehead atoms. The van der Waals surface area contributed by atoms with Gasteiger partial charge in [0.2, 0.25) is 0 Å². The highest BCUT2D eigenvalue weighted by atomic mass is 35.5. The van der Waals surface area contributed by atoms with E-state index in [0.717, 1.165) is 11.3 Å². The van der Waals surface area contributed by atoms with E-state index in [9.17, 15) is 10.4 Å². The molecule has 0 amide bonds. The van der Waals surface area contributed by atoms with Crippen molar-refractivity contribution in [3.8, 4) is 23.1 Å². The fourth-order valence-corrected chi connectivity index (χ4v) is 3.01. The number of hydrogen-bond acceptors (Lipinski definition) is 5. The van der Waals surface area contributed by atoms with E-state index >= 15 is 0 Å². The molecule has 3 rings (SSSR count). The Kier molecular flexibility index (Phi) is 5.17. The highest BCUT2D eigenvalue weighted by Crippen LogP contribution is 2.36. The molecule has 0 radical (unpaired) electrons. The monoisotopic (exact) mass is 385 g/mol. The van der Waals surface area contributed by atoms with Crippen molar-refractivity contribution in [2.24, 2.45) is 0 Å². The van der Waals surface area contributed by atoms with Gasteiger partial charge in [-0.2, -0.15) is 5.26 Å². The molecule has 0 aliphatic carbocycles. The minimum absolute atomic E-state index is 0.195. The molecule has 0 fully saturated rings. The Bertz CT molecular complexity index is 1020. The van der Waals surface area contributed by atoms with Crippen LogP contribution in [0.25, 0.3) is 17.3 Å². The van der Waals surface area contributed by atoms with Gasteiger partial charge in [0.25, 0.3) is 0 Å². The maximum absolute atomic E-state index is 9.50. The molecular formula is C19H13Cl2N3O2. The molecule has 2 aromatic carbocycles. The average molecular weight is 386 g/mol. The lowest BCUT2D eigenvalue weighted by Gasteiger charge is -2.05. The summed E-state index contributed by atoms with van der Waals surface area (Å²) in [6, 6.07) is 12.1. The summed E-state index contributed by atoms with van der Waals surface area (Å²) < 4.78 is 5.28. The van der Waals surface area contributed by atoms with Crippen LogP contribution in [0.2, 0.25) is 10.0 Å². The van der Waals surface area contributed by atoms with E-state index in [4.69, 9.17) is 27.7 Å². The third-order valence-corrected chi connectivity index (χ3v) is 4.34. The Morgan fingerprint density at radius 1 is 1.23 bits per heavy atom. The summed E-state index contributed by atoms with van der Waals surface area (Å²) in [6.07, 6.45) is 3.21. The number of halogens is 2. The predicted octanol–water partition coefficient (Wildman–Crippen LogP) is 5.62. The van der Waals surface area contributed by atoms with E-state index in [1.54, 1.807) is 48.7 Å². The number of rotatable bonds is 4. The summed E-state index contributed by atoms with van der Waals surface area (Å²) >= 11 is 12.4. The molecule has 7 heteroatoms. The van der Waals surface area contributed by atoms with Gasteiger partial charge in [-0.3, -0.25) is 0 Å². The van der Waals surface area contributed by atoms with Crippen LogP contribution >= 0.6 is 23.2 Å². The zero-order chi connectivity index (χ0) is 18.7. The molecule has 0 aliphatic heterocycles. The second kappa shape index (κ2) is 7.52. The highest BCUT2D eigenvalue weighted by Gasteiger charge is 2.20. The van der Waals surface area contributed by atoms with Crippen LogP contribution in [0.4, 0.5) is 5.69 Å². The first kappa shape index (κ1) is 17.9. The maximum Gasteiger partial charge on any atom is 0.179 e. The minimum atomic E-state index is 0.195. The van der Waals surface area contributed by atoms with E-state index in [-0.39, 0.29) is 17.1 Å². The van der Waals surface area contributed by atoms with Gasteiger partial charge in [0.1, 0.15) is 23.1 Å². The van der Waals surface area contributed by atoms with Gasteiger partial charge in [-0.25, -0.2) is 0 Å². The number of nitrogens with one attached hydrogen (secondary N) is 1. The molecule has 2 N–H and O–H groups in total. The SMILES string of the molecule is Cc1cc(O)ccc1NC=Cc1onc(-c2c(Cl)cccc2Cl)c1C#N. The number of phenols is 1. The molecule has 130 valence electrons. The summed E-state index contributed by atoms with van der Waals surface area (Å²) in [5.41, 5.74) is 2.67. The maximum atomic E-state index is 9.50. The van der Waals surface area contributed by atoms with Gasteiger partial charge >= 0.3 is 0 Å². The van der Waals surface area contributed by atoms with Gasteiger partial charge < -0.3 is 14.9 Å². The Balaban J connectivity index is 1.90. The van der Waals surface area contributed by atoms with E-state index in [2.05, 4.69) is 16.5 Å². The van der Waals surface area contributed by atoms with Gasteiger partial charge in [0, 0.05) is 23.5 Å². The number of nitrogens with zero attached hydrogens (tertiary/aromatic N) is 2. The number of aromatic nitrogens is 1. The van der Waals surface area contributed by atoms with Crippen molar-refractivity contribution in [2.45, 2.75) is 6.92 Å². The quantitative estimate of drug-likeness (QED) is 0.569. The van der Waals surface area contributed by atoms with Crippen LogP contribution in [0.5, 0.6) is 5.75 Å². The molecular weight excluding hydrogens is 373 g/mol. The van der Waals surface area contributed by atoms with Gasteiger partial charge in [0.05, 0.1) is 10.0 Å². The van der Waals surface area contributed by atoms with Crippen LogP contribution in [0, 0.1) is 18.3 Å². The molecule has 1 heterocycles. The van der Waals surface area contributed by atoms with Crippen LogP contribution in [-0.4, -0.2) is 10.3 Å². The first-order chi connectivity index (χ1) is 12.5. The summed E-state index contributed by atoms with van der Waals surface area (Å²) in [4.78, 5) is 0. The molecule has 0 saturated carbocycles. The largest absolute Gasteiger partial charge is 0.508 e. The van der Waals surface area contributed by atoms with E-state index in [0.29, 0.717) is 21.3 Å². The molecule has 0 spiro atoms. The zero-order valence-electron chi connectivity index (χ0n) is 13.6. The Morgan fingerprint density at radius 3 is 2.62 bits per heavy atom. The second-order valence-corrected chi connectivity index (χ2v) is 6.27. The number of nitriles is 1. The zero-order valence-corrected chi connectivity index (χ0v) is 15.1. The summed E-state index contributed by atoms with van der Waals surface area (Å²) in [5, 5.41) is 26.7. The first-order valence-electron chi connectivity index (χ1n) is 7.58. The summed E-state index contributed by atoms with van der Waals surface area (Å²) in [6.45, 7) is 1.86. The lowest BCUT2D eigenvalue weighted by atomic mass is 10.1. The lowest BCUT2D eigenvalue weighted by Crippen LogP contribution is -1.90. The fourth-order valence-electron chi connectivity index (χ4n) is 2.44. The molecule has 5 nitrogen and oxygen atoms in total. The Morgan fingerprint density at radius 2 is 1.96 bits per heavy atom. The molecule has 3 aromatic rings. The first-order valence-corrected chi connectivity index (χ1v) is 8.33. The van der Waals surface area contributed by atoms with E-state index in [1.807, 2.05) is 6.92 Å². The number of phenolic OH excluding ortho intramolecular Hbond substituents is 1. The van der Waals surface area contributed by atoms with Crippen molar-refractivity contribution in [3.05, 3.63) is 69.5 Å². The van der Waals surface area contributed by atoms with Crippen LogP contribution < -0.4 is 5.32 Å². The van der Waals surface area contributed by atoms with Gasteiger partial charge in [-0.15, -0.1) is 0 Å². The molecule has 1 aromatic heterocycles. The van der Waals surface area contributed by atoms with Crippen LogP contribution in [-0.2, 0) is 0 Å². The van der Waals surface area contributed by atoms with Crippen molar-refractivity contribution in [1.82, 2.24) is 5.16 Å². The van der Waals surface area contributed by atoms with Crippen molar-refractivity contribution in [1.29, 1.82) is 5.26 Å². The van der Waals surface area contributed by atoms with Crippen molar-refractivity contribution in [3.63, 3.8) is 0 Å². The van der Waals surface area contributed by atoms with Gasteiger partial charge in [-0.1, -0.05) is 34.4 Å². The summed E-state index contributed by atoms with van der Waals surface area (Å²) in [7, 11) is 0. The normalized spacial score (nSPS) is 10.8. The van der Waals surface area contributed by atoms with E-state index < -0.39 is 0 Å². The minimum Gasteiger partial charge on any atom is -0.508 e. The number of benzene rings is 2. The van der Waals surface area contributed by atoms with Crippen LogP contribution in [0.15, 0.2) is 47.1 Å². The number of anilines is 1. The van der Waals surface area contributed by atoms with Crippen molar-refractivity contribution in [2.75, 3.05) is 5.32 Å². The van der Waals surface area contributed by atoms with Gasteiger partial charge in [0.15, 0.2) is 5.76 Å². The third-order valence-electron chi connectivity index (χ3n) is 3.71. The highest BCUT2D eigenvalue weighted by molar-refractivity contribution is 6.39. The van der Waals surface area contributed by atoms with Crippen LogP contribution in [0.3, 0.4) is 0 Å². The summed E-state index contributed by atoms with van der Waals surface area (Å²) in [5.74, 6) is 0.475. The molecule has 0 atom stereocenters. The smallest absolute Gasteiger partial charge is 0.179 e. The standard InChI is InChI=1S/C19H13Cl2N3O2/c1-11-9-12(25)5-6-16(11)23-8-7-17-13(10-22)19(24-26-17)18-14(20)3-2-4-15(18)21/h2-9,23,25H,1H3. The number of aryl methyl sites for hydroxylation is 1. The Hall–Kier alpha value is -2.94. The van der Waals surface area contributed by atoms with E-state index in [1.165, 1.54) is 0 Å². The number of hydrogen-bond donors (Lipinski definition) is 2. The second-order valence-electron chi connectivity index (χ2n) is 5.46. The Labute approximate surface area is 160 Å². The predicted molar refractivity (Wildman–Crippen MR) is 102 cm³/mol. The topological polar surface area (TPSA) is 82.1 Å². The van der Waals surface area contributed by atoms with Gasteiger partial charge in [-0.05, 0) is 42.8 Å².